The number of rotatable bonds is 4. The highest BCUT2D eigenvalue weighted by Gasteiger charge is 2.19. The molecule has 0 aliphatic carbocycles. The molecule has 1 atom stereocenters. The molecule has 1 N–H and O–H groups in total. The zero-order valence-electron chi connectivity index (χ0n) is 12.3. The van der Waals surface area contributed by atoms with Crippen LogP contribution in [0, 0.1) is 25.5 Å². The van der Waals surface area contributed by atoms with Crippen molar-refractivity contribution < 1.29 is 8.78 Å². The summed E-state index contributed by atoms with van der Waals surface area (Å²) in [4.78, 5) is 0. The lowest BCUT2D eigenvalue weighted by molar-refractivity contribution is 0.544. The molecule has 2 aromatic rings. The zero-order chi connectivity index (χ0) is 15.6. The van der Waals surface area contributed by atoms with Gasteiger partial charge < -0.3 is 5.32 Å². The maximum absolute atomic E-state index is 14.1. The predicted octanol–water partition coefficient (Wildman–Crippen LogP) is 5.04. The number of nitrogens with one attached hydrogen (secondary N) is 1. The minimum Gasteiger partial charge on any atom is -0.306 e. The molecule has 0 amide bonds. The minimum absolute atomic E-state index is 0.331. The molecule has 0 saturated carbocycles. The van der Waals surface area contributed by atoms with Gasteiger partial charge in [0.05, 0.1) is 6.04 Å². The van der Waals surface area contributed by atoms with Crippen molar-refractivity contribution >= 4 is 15.9 Å². The molecule has 21 heavy (non-hydrogen) atoms. The van der Waals surface area contributed by atoms with Gasteiger partial charge in [-0.15, -0.1) is 0 Å². The first-order valence-corrected chi connectivity index (χ1v) is 7.68. The van der Waals surface area contributed by atoms with E-state index in [9.17, 15) is 8.78 Å². The molecule has 0 bridgehead atoms. The first-order chi connectivity index (χ1) is 9.93. The number of halogens is 3. The van der Waals surface area contributed by atoms with Crippen LogP contribution in [0.15, 0.2) is 34.8 Å². The van der Waals surface area contributed by atoms with Gasteiger partial charge in [0.1, 0.15) is 11.6 Å². The molecule has 2 aromatic carbocycles. The quantitative estimate of drug-likeness (QED) is 0.811. The maximum Gasteiger partial charge on any atom is 0.128 e. The van der Waals surface area contributed by atoms with Crippen molar-refractivity contribution in [2.45, 2.75) is 26.8 Å². The molecule has 0 aromatic heterocycles. The smallest absolute Gasteiger partial charge is 0.128 e. The Bertz CT molecular complexity index is 632. The fourth-order valence-corrected chi connectivity index (χ4v) is 2.72. The Balaban J connectivity index is 2.56. The third kappa shape index (κ3) is 3.50. The first-order valence-electron chi connectivity index (χ1n) is 6.89. The van der Waals surface area contributed by atoms with Crippen LogP contribution in [0.2, 0.25) is 0 Å². The van der Waals surface area contributed by atoms with Crippen LogP contribution in [0.3, 0.4) is 0 Å². The van der Waals surface area contributed by atoms with Crippen LogP contribution in [0.25, 0.3) is 0 Å². The van der Waals surface area contributed by atoms with Gasteiger partial charge in [0.25, 0.3) is 0 Å². The number of hydrogen-bond acceptors (Lipinski definition) is 1. The van der Waals surface area contributed by atoms with Crippen LogP contribution in [-0.4, -0.2) is 6.54 Å². The molecule has 0 aliphatic heterocycles. The Kier molecular flexibility index (Phi) is 5.12. The predicted molar refractivity (Wildman–Crippen MR) is 85.5 cm³/mol. The molecule has 4 heteroatoms. The third-order valence-corrected chi connectivity index (χ3v) is 4.72. The van der Waals surface area contributed by atoms with E-state index in [-0.39, 0.29) is 6.04 Å². The minimum atomic E-state index is -0.431. The molecule has 0 spiro atoms. The molecular formula is C17H18BrF2N. The summed E-state index contributed by atoms with van der Waals surface area (Å²) in [5.41, 5.74) is 3.41. The lowest BCUT2D eigenvalue weighted by atomic mass is 9.95. The largest absolute Gasteiger partial charge is 0.306 e. The lowest BCUT2D eigenvalue weighted by Gasteiger charge is -2.21. The summed E-state index contributed by atoms with van der Waals surface area (Å²) in [6.45, 7) is 6.59. The third-order valence-electron chi connectivity index (χ3n) is 3.47. The van der Waals surface area contributed by atoms with Crippen molar-refractivity contribution in [1.82, 2.24) is 5.32 Å². The van der Waals surface area contributed by atoms with Crippen molar-refractivity contribution in [1.29, 1.82) is 0 Å². The number of hydrogen-bond donors (Lipinski definition) is 1. The van der Waals surface area contributed by atoms with Crippen LogP contribution >= 0.6 is 15.9 Å². The Hall–Kier alpha value is -1.26. The highest BCUT2D eigenvalue weighted by molar-refractivity contribution is 9.10. The standard InChI is InChI=1S/C17H18BrF2N/c1-4-21-17(14-9-13(19)5-6-15(14)20)12-7-10(2)16(18)11(3)8-12/h5-9,17,21H,4H2,1-3H3. The summed E-state index contributed by atoms with van der Waals surface area (Å²) in [5, 5.41) is 3.24. The highest BCUT2D eigenvalue weighted by atomic mass is 79.9. The van der Waals surface area contributed by atoms with Gasteiger partial charge in [-0.25, -0.2) is 8.78 Å². The van der Waals surface area contributed by atoms with Crippen molar-refractivity contribution in [2.24, 2.45) is 0 Å². The summed E-state index contributed by atoms with van der Waals surface area (Å²) in [7, 11) is 0. The van der Waals surface area contributed by atoms with Gasteiger partial charge in [0.15, 0.2) is 0 Å². The SMILES string of the molecule is CCNC(c1cc(C)c(Br)c(C)c1)c1cc(F)ccc1F. The molecule has 0 fully saturated rings. The Morgan fingerprint density at radius 3 is 2.29 bits per heavy atom. The van der Waals surface area contributed by atoms with Gasteiger partial charge in [0.2, 0.25) is 0 Å². The molecule has 0 radical (unpaired) electrons. The second-order valence-electron chi connectivity index (χ2n) is 5.13. The van der Waals surface area contributed by atoms with E-state index in [0.717, 1.165) is 27.2 Å². The van der Waals surface area contributed by atoms with Gasteiger partial charge in [-0.2, -0.15) is 0 Å². The van der Waals surface area contributed by atoms with Gasteiger partial charge in [-0.1, -0.05) is 35.0 Å². The highest BCUT2D eigenvalue weighted by Crippen LogP contribution is 2.30. The van der Waals surface area contributed by atoms with Crippen LogP contribution in [0.1, 0.15) is 35.2 Å². The molecule has 1 unspecified atom stereocenters. The monoisotopic (exact) mass is 353 g/mol. The summed E-state index contributed by atoms with van der Waals surface area (Å²) < 4.78 is 28.6. The zero-order valence-corrected chi connectivity index (χ0v) is 13.9. The number of benzene rings is 2. The maximum atomic E-state index is 14.1. The van der Waals surface area contributed by atoms with Crippen LogP contribution in [0.4, 0.5) is 8.78 Å². The van der Waals surface area contributed by atoms with Crippen LogP contribution in [0.5, 0.6) is 0 Å². The normalized spacial score (nSPS) is 12.5. The van der Waals surface area contributed by atoms with Gasteiger partial charge >= 0.3 is 0 Å². The topological polar surface area (TPSA) is 12.0 Å². The van der Waals surface area contributed by atoms with Crippen molar-refractivity contribution in [3.63, 3.8) is 0 Å². The second-order valence-corrected chi connectivity index (χ2v) is 5.92. The average Bonchev–Trinajstić information content (AvgIpc) is 2.44. The van der Waals surface area contributed by atoms with E-state index in [1.165, 1.54) is 12.1 Å². The first kappa shape index (κ1) is 16.1. The van der Waals surface area contributed by atoms with Crippen LogP contribution < -0.4 is 5.32 Å². The van der Waals surface area contributed by atoms with Crippen molar-refractivity contribution in [3.8, 4) is 0 Å². The Labute approximate surface area is 132 Å². The van der Waals surface area contributed by atoms with E-state index in [0.29, 0.717) is 12.1 Å². The molecule has 1 nitrogen and oxygen atoms in total. The fraction of sp³-hybridized carbons (Fsp3) is 0.294. The summed E-state index contributed by atoms with van der Waals surface area (Å²) in [6, 6.07) is 7.20. The van der Waals surface area contributed by atoms with E-state index in [1.54, 1.807) is 0 Å². The van der Waals surface area contributed by atoms with E-state index in [2.05, 4.69) is 21.2 Å². The molecule has 0 saturated heterocycles. The van der Waals surface area contributed by atoms with E-state index < -0.39 is 11.6 Å². The summed E-state index contributed by atoms with van der Waals surface area (Å²) in [5.74, 6) is -0.833. The molecule has 112 valence electrons. The van der Waals surface area contributed by atoms with E-state index in [4.69, 9.17) is 0 Å². The summed E-state index contributed by atoms with van der Waals surface area (Å²) >= 11 is 3.53. The lowest BCUT2D eigenvalue weighted by Crippen LogP contribution is -2.23. The number of aryl methyl sites for hydroxylation is 2. The summed E-state index contributed by atoms with van der Waals surface area (Å²) in [6.07, 6.45) is 0. The Morgan fingerprint density at radius 1 is 1.10 bits per heavy atom. The molecular weight excluding hydrogens is 336 g/mol. The van der Waals surface area contributed by atoms with Crippen molar-refractivity contribution in [2.75, 3.05) is 6.54 Å². The average molecular weight is 354 g/mol. The Morgan fingerprint density at radius 2 is 1.71 bits per heavy atom. The fourth-order valence-electron chi connectivity index (χ4n) is 2.49. The van der Waals surface area contributed by atoms with Gasteiger partial charge in [-0.3, -0.25) is 0 Å². The van der Waals surface area contributed by atoms with Gasteiger partial charge in [-0.05, 0) is 55.3 Å². The van der Waals surface area contributed by atoms with Gasteiger partial charge in [0, 0.05) is 10.0 Å². The molecule has 0 heterocycles. The van der Waals surface area contributed by atoms with E-state index >= 15 is 0 Å². The van der Waals surface area contributed by atoms with Crippen molar-refractivity contribution in [3.05, 3.63) is 68.7 Å². The molecule has 0 aliphatic rings. The van der Waals surface area contributed by atoms with E-state index in [1.807, 2.05) is 32.9 Å². The van der Waals surface area contributed by atoms with Crippen LogP contribution in [-0.2, 0) is 0 Å². The second kappa shape index (κ2) is 6.67. The molecule has 2 rings (SSSR count).